The van der Waals surface area contributed by atoms with Gasteiger partial charge in [0, 0.05) is 26.0 Å². The van der Waals surface area contributed by atoms with Gasteiger partial charge in [-0.15, -0.1) is 13.2 Å². The molecule has 0 saturated heterocycles. The highest BCUT2D eigenvalue weighted by Crippen LogP contribution is 2.32. The van der Waals surface area contributed by atoms with Crippen LogP contribution in [0.25, 0.3) is 0 Å². The number of nitrogens with zero attached hydrogens (tertiary/aromatic N) is 1. The van der Waals surface area contributed by atoms with Gasteiger partial charge in [-0.25, -0.2) is 18.4 Å². The Morgan fingerprint density at radius 1 is 0.927 bits per heavy atom. The average molecular weight is 594 g/mol. The summed E-state index contributed by atoms with van der Waals surface area (Å²) in [4.78, 5) is 25.1. The number of benzene rings is 2. The predicted octanol–water partition coefficient (Wildman–Crippen LogP) is 5.56. The molecule has 1 N–H and O–H groups in total. The number of amides is 1. The molecule has 228 valence electrons. The van der Waals surface area contributed by atoms with Crippen molar-refractivity contribution in [2.24, 2.45) is 0 Å². The van der Waals surface area contributed by atoms with E-state index in [2.05, 4.69) is 4.74 Å². The molecule has 0 aliphatic carbocycles. The van der Waals surface area contributed by atoms with Crippen molar-refractivity contribution in [3.8, 4) is 17.2 Å². The summed E-state index contributed by atoms with van der Waals surface area (Å²) in [5.74, 6) is -5.00. The lowest BCUT2D eigenvalue weighted by molar-refractivity contribution is -0.275. The van der Waals surface area contributed by atoms with Crippen LogP contribution in [0.2, 0.25) is 0 Å². The van der Waals surface area contributed by atoms with Gasteiger partial charge in [-0.3, -0.25) is 0 Å². The number of hydrogen-bond donors (Lipinski definition) is 1. The molecule has 0 saturated carbocycles. The summed E-state index contributed by atoms with van der Waals surface area (Å²) < 4.78 is 90.0. The number of carbonyl (C=O) groups excluding carboxylic acids is 1. The van der Waals surface area contributed by atoms with E-state index in [0.29, 0.717) is 11.3 Å². The molecule has 0 aliphatic heterocycles. The fourth-order valence-electron chi connectivity index (χ4n) is 3.32. The lowest BCUT2D eigenvalue weighted by Gasteiger charge is -2.23. The number of aliphatic carboxylic acids is 1. The molecule has 14 heteroatoms. The lowest BCUT2D eigenvalue weighted by Crippen LogP contribution is -2.39. The summed E-state index contributed by atoms with van der Waals surface area (Å²) in [5, 5.41) is 9.23. The van der Waals surface area contributed by atoms with Crippen molar-refractivity contribution >= 4 is 12.1 Å². The molecule has 0 heterocycles. The molecule has 1 amide bonds. The van der Waals surface area contributed by atoms with Gasteiger partial charge in [0.1, 0.15) is 19.0 Å². The molecule has 9 nitrogen and oxygen atoms in total. The van der Waals surface area contributed by atoms with E-state index in [-0.39, 0.29) is 39.3 Å². The van der Waals surface area contributed by atoms with Gasteiger partial charge in [-0.1, -0.05) is 31.2 Å². The van der Waals surface area contributed by atoms with Crippen LogP contribution in [0.3, 0.4) is 0 Å². The van der Waals surface area contributed by atoms with Crippen LogP contribution in [0.4, 0.5) is 26.7 Å². The maximum atomic E-state index is 13.5. The average Bonchev–Trinajstić information content (AvgIpc) is 2.90. The van der Waals surface area contributed by atoms with E-state index >= 15 is 0 Å². The van der Waals surface area contributed by atoms with Crippen LogP contribution in [0, 0.1) is 0 Å². The first-order valence-corrected chi connectivity index (χ1v) is 12.7. The molecule has 41 heavy (non-hydrogen) atoms. The van der Waals surface area contributed by atoms with E-state index in [1.165, 1.54) is 19.1 Å². The number of alkyl halides is 5. The molecule has 2 aromatic carbocycles. The smallest absolute Gasteiger partial charge is 0.492 e. The SMILES string of the molecule is CCOC(Cc1ccc(OCCN(CCOCC(F)(F)CC)C(=O)Oc2ccccc2OC(F)(F)F)cc1)C(=O)O. The standard InChI is InChI=1S/C27H32F5NO8/c1-3-26(28,29)18-37-15-13-33(25(36)40-21-7-5-6-8-22(21)41-27(30,31)32)14-16-39-20-11-9-19(10-12-20)17-23(24(34)35)38-4-2/h5-12,23H,3-4,13-18H2,1-2H3,(H,34,35). The largest absolute Gasteiger partial charge is 0.573 e. The number of carboxylic acid groups (broad SMARTS) is 1. The molecule has 2 rings (SSSR count). The molecule has 0 aromatic heterocycles. The molecule has 2 aromatic rings. The topological polar surface area (TPSA) is 104 Å². The first kappa shape index (κ1) is 33.6. The van der Waals surface area contributed by atoms with Crippen molar-refractivity contribution in [2.45, 2.75) is 45.1 Å². The third-order valence-corrected chi connectivity index (χ3v) is 5.48. The highest BCUT2D eigenvalue weighted by molar-refractivity contribution is 5.73. The minimum absolute atomic E-state index is 0.100. The maximum Gasteiger partial charge on any atom is 0.573 e. The molecule has 1 unspecified atom stereocenters. The summed E-state index contributed by atoms with van der Waals surface area (Å²) in [6.45, 7) is 1.59. The van der Waals surface area contributed by atoms with Crippen molar-refractivity contribution in [2.75, 3.05) is 39.5 Å². The third kappa shape index (κ3) is 12.6. The van der Waals surface area contributed by atoms with Crippen LogP contribution in [-0.4, -0.2) is 80.0 Å². The van der Waals surface area contributed by atoms with Crippen molar-refractivity contribution < 1.29 is 60.3 Å². The molecule has 0 radical (unpaired) electrons. The normalized spacial score (nSPS) is 12.5. The molecular formula is C27H32F5NO8. The quantitative estimate of drug-likeness (QED) is 0.188. The molecule has 0 bridgehead atoms. The Kier molecular flexibility index (Phi) is 13.1. The van der Waals surface area contributed by atoms with Gasteiger partial charge in [0.15, 0.2) is 17.6 Å². The summed E-state index contributed by atoms with van der Waals surface area (Å²) >= 11 is 0. The van der Waals surface area contributed by atoms with Crippen molar-refractivity contribution in [3.05, 3.63) is 54.1 Å². The van der Waals surface area contributed by atoms with E-state index < -0.39 is 55.0 Å². The lowest BCUT2D eigenvalue weighted by atomic mass is 10.1. The Labute approximate surface area is 233 Å². The second-order valence-corrected chi connectivity index (χ2v) is 8.59. The highest BCUT2D eigenvalue weighted by atomic mass is 19.4. The monoisotopic (exact) mass is 593 g/mol. The molecule has 0 fully saturated rings. The van der Waals surface area contributed by atoms with Crippen LogP contribution in [0.15, 0.2) is 48.5 Å². The minimum Gasteiger partial charge on any atom is -0.492 e. The second kappa shape index (κ2) is 16.0. The van der Waals surface area contributed by atoms with Crippen LogP contribution in [0.5, 0.6) is 17.2 Å². The number of ether oxygens (including phenoxy) is 5. The summed E-state index contributed by atoms with van der Waals surface area (Å²) in [6, 6.07) is 11.1. The number of rotatable bonds is 17. The van der Waals surface area contributed by atoms with Crippen LogP contribution >= 0.6 is 0 Å². The van der Waals surface area contributed by atoms with Gasteiger partial charge in [-0.2, -0.15) is 0 Å². The molecule has 0 spiro atoms. The van der Waals surface area contributed by atoms with E-state index in [1.807, 2.05) is 0 Å². The Hall–Kier alpha value is -3.65. The van der Waals surface area contributed by atoms with Gasteiger partial charge in [-0.05, 0) is 36.8 Å². The molecule has 0 aliphatic rings. The van der Waals surface area contributed by atoms with E-state index in [9.17, 15) is 36.6 Å². The summed E-state index contributed by atoms with van der Waals surface area (Å²) in [7, 11) is 0. The van der Waals surface area contributed by atoms with E-state index in [1.54, 1.807) is 31.2 Å². The van der Waals surface area contributed by atoms with Crippen molar-refractivity contribution in [3.63, 3.8) is 0 Å². The zero-order valence-electron chi connectivity index (χ0n) is 22.5. The van der Waals surface area contributed by atoms with E-state index in [0.717, 1.165) is 17.0 Å². The predicted molar refractivity (Wildman–Crippen MR) is 135 cm³/mol. The number of carboxylic acids is 1. The van der Waals surface area contributed by atoms with Gasteiger partial charge >= 0.3 is 18.4 Å². The minimum atomic E-state index is -5.03. The van der Waals surface area contributed by atoms with Crippen molar-refractivity contribution in [1.29, 1.82) is 0 Å². The van der Waals surface area contributed by atoms with Gasteiger partial charge in [0.2, 0.25) is 0 Å². The van der Waals surface area contributed by atoms with E-state index in [4.69, 9.17) is 18.9 Å². The van der Waals surface area contributed by atoms with Gasteiger partial charge < -0.3 is 33.7 Å². The Morgan fingerprint density at radius 2 is 1.56 bits per heavy atom. The number of hydrogen-bond acceptors (Lipinski definition) is 7. The Balaban J connectivity index is 2.03. The number of carbonyl (C=O) groups is 2. The molecule has 1 atom stereocenters. The Morgan fingerprint density at radius 3 is 2.15 bits per heavy atom. The van der Waals surface area contributed by atoms with Crippen LogP contribution in [-0.2, 0) is 20.7 Å². The molecular weight excluding hydrogens is 561 g/mol. The first-order chi connectivity index (χ1) is 19.3. The third-order valence-electron chi connectivity index (χ3n) is 5.48. The summed E-state index contributed by atoms with van der Waals surface area (Å²) in [5.41, 5.74) is 0.684. The van der Waals surface area contributed by atoms with Gasteiger partial charge in [0.05, 0.1) is 13.2 Å². The fourth-order valence-corrected chi connectivity index (χ4v) is 3.32. The maximum absolute atomic E-state index is 13.5. The number of halogens is 5. The van der Waals surface area contributed by atoms with Crippen molar-refractivity contribution in [1.82, 2.24) is 4.90 Å². The van der Waals surface area contributed by atoms with Crippen LogP contribution < -0.4 is 14.2 Å². The fraction of sp³-hybridized carbons (Fsp3) is 0.481. The zero-order chi connectivity index (χ0) is 30.5. The van der Waals surface area contributed by atoms with Crippen LogP contribution in [0.1, 0.15) is 25.8 Å². The first-order valence-electron chi connectivity index (χ1n) is 12.7. The highest BCUT2D eigenvalue weighted by Gasteiger charge is 2.33. The number of para-hydroxylation sites is 2. The Bertz CT molecular complexity index is 1100. The summed E-state index contributed by atoms with van der Waals surface area (Å²) in [6.07, 6.45) is -7.41. The second-order valence-electron chi connectivity index (χ2n) is 8.59. The zero-order valence-corrected chi connectivity index (χ0v) is 22.5. The van der Waals surface area contributed by atoms with Gasteiger partial charge in [0.25, 0.3) is 5.92 Å².